The molecule has 0 aromatic carbocycles. The average Bonchev–Trinajstić information content (AvgIpc) is 2.42. The fourth-order valence-electron chi connectivity index (χ4n) is 2.23. The van der Waals surface area contributed by atoms with Gasteiger partial charge in [0.05, 0.1) is 24.7 Å². The Labute approximate surface area is 108 Å². The first-order valence-corrected chi connectivity index (χ1v) is 6.69. The number of rotatable bonds is 5. The van der Waals surface area contributed by atoms with Crippen LogP contribution in [0.25, 0.3) is 0 Å². The predicted molar refractivity (Wildman–Crippen MR) is 67.6 cm³/mol. The number of ether oxygens (including phenoxy) is 2. The van der Waals surface area contributed by atoms with Gasteiger partial charge < -0.3 is 9.47 Å². The molecule has 4 heteroatoms. The van der Waals surface area contributed by atoms with Crippen LogP contribution in [0.1, 0.15) is 46.0 Å². The maximum absolute atomic E-state index is 11.9. The van der Waals surface area contributed by atoms with Gasteiger partial charge in [-0.2, -0.15) is 0 Å². The second kappa shape index (κ2) is 7.90. The van der Waals surface area contributed by atoms with E-state index in [9.17, 15) is 9.59 Å². The number of carbonyl (C=O) groups is 2. The van der Waals surface area contributed by atoms with Crippen LogP contribution in [0.4, 0.5) is 0 Å². The fourth-order valence-corrected chi connectivity index (χ4v) is 2.23. The van der Waals surface area contributed by atoms with Gasteiger partial charge in [-0.1, -0.05) is 25.8 Å². The van der Waals surface area contributed by atoms with Gasteiger partial charge in [0.2, 0.25) is 0 Å². The molecule has 4 nitrogen and oxygen atoms in total. The molecule has 1 aliphatic carbocycles. The van der Waals surface area contributed by atoms with Gasteiger partial charge in [0.25, 0.3) is 0 Å². The predicted octanol–water partition coefficient (Wildman–Crippen LogP) is 2.82. The van der Waals surface area contributed by atoms with E-state index >= 15 is 0 Å². The highest BCUT2D eigenvalue weighted by Gasteiger charge is 2.37. The number of esters is 2. The van der Waals surface area contributed by atoms with E-state index in [2.05, 4.69) is 0 Å². The van der Waals surface area contributed by atoms with E-state index in [1.165, 1.54) is 6.26 Å². The zero-order chi connectivity index (χ0) is 13.4. The van der Waals surface area contributed by atoms with Crippen molar-refractivity contribution < 1.29 is 19.1 Å². The normalized spacial score (nSPS) is 23.9. The molecule has 0 aromatic rings. The smallest absolute Gasteiger partial charge is 0.314 e. The minimum absolute atomic E-state index is 0.251. The molecule has 0 heterocycles. The van der Waals surface area contributed by atoms with Gasteiger partial charge in [0.15, 0.2) is 0 Å². The lowest BCUT2D eigenvalue weighted by Crippen LogP contribution is -2.34. The Kier molecular flexibility index (Phi) is 6.47. The SMILES string of the molecule is CC=COC(=O)C1CCCCC1C(=O)OCCC. The first-order chi connectivity index (χ1) is 8.70. The first-order valence-electron chi connectivity index (χ1n) is 6.69. The minimum Gasteiger partial charge on any atom is -0.465 e. The zero-order valence-corrected chi connectivity index (χ0v) is 11.2. The van der Waals surface area contributed by atoms with E-state index in [4.69, 9.17) is 9.47 Å². The summed E-state index contributed by atoms with van der Waals surface area (Å²) in [6.07, 6.45) is 7.19. The quantitative estimate of drug-likeness (QED) is 0.559. The van der Waals surface area contributed by atoms with Gasteiger partial charge in [0.1, 0.15) is 0 Å². The third-order valence-corrected chi connectivity index (χ3v) is 3.14. The van der Waals surface area contributed by atoms with Gasteiger partial charge in [0, 0.05) is 0 Å². The van der Waals surface area contributed by atoms with Gasteiger partial charge in [-0.15, -0.1) is 0 Å². The molecule has 0 aromatic heterocycles. The number of carbonyl (C=O) groups excluding carboxylic acids is 2. The Balaban J connectivity index is 2.61. The standard InChI is InChI=1S/C14H22O4/c1-3-9-17-13(15)11-7-5-6-8-12(11)14(16)18-10-4-2/h3,9,11-12H,4-8,10H2,1-2H3. The van der Waals surface area contributed by atoms with Crippen molar-refractivity contribution in [1.29, 1.82) is 0 Å². The number of allylic oxidation sites excluding steroid dienone is 1. The molecule has 0 amide bonds. The van der Waals surface area contributed by atoms with Crippen LogP contribution in [0.3, 0.4) is 0 Å². The van der Waals surface area contributed by atoms with E-state index in [0.29, 0.717) is 13.0 Å². The first kappa shape index (κ1) is 14.7. The van der Waals surface area contributed by atoms with E-state index in [1.54, 1.807) is 13.0 Å². The number of hydrogen-bond donors (Lipinski definition) is 0. The summed E-state index contributed by atoms with van der Waals surface area (Å²) in [7, 11) is 0. The van der Waals surface area contributed by atoms with Crippen molar-refractivity contribution in [2.24, 2.45) is 11.8 Å². The van der Waals surface area contributed by atoms with Gasteiger partial charge >= 0.3 is 11.9 Å². The topological polar surface area (TPSA) is 52.6 Å². The van der Waals surface area contributed by atoms with Crippen LogP contribution in [0, 0.1) is 11.8 Å². The maximum atomic E-state index is 11.9. The molecule has 1 fully saturated rings. The molecule has 0 radical (unpaired) electrons. The fraction of sp³-hybridized carbons (Fsp3) is 0.714. The molecule has 1 rings (SSSR count). The molecule has 0 bridgehead atoms. The van der Waals surface area contributed by atoms with Crippen LogP contribution in [-0.4, -0.2) is 18.5 Å². The molecular weight excluding hydrogens is 232 g/mol. The molecule has 2 unspecified atom stereocenters. The highest BCUT2D eigenvalue weighted by Crippen LogP contribution is 2.32. The molecule has 0 saturated heterocycles. The minimum atomic E-state index is -0.348. The van der Waals surface area contributed by atoms with Crippen molar-refractivity contribution in [2.75, 3.05) is 6.61 Å². The van der Waals surface area contributed by atoms with Crippen molar-refractivity contribution in [2.45, 2.75) is 46.0 Å². The molecule has 0 spiro atoms. The van der Waals surface area contributed by atoms with Crippen molar-refractivity contribution in [3.05, 3.63) is 12.3 Å². The van der Waals surface area contributed by atoms with Crippen LogP contribution in [-0.2, 0) is 19.1 Å². The summed E-state index contributed by atoms with van der Waals surface area (Å²) in [5.74, 6) is -1.24. The lowest BCUT2D eigenvalue weighted by molar-refractivity contribution is -0.160. The average molecular weight is 254 g/mol. The molecule has 0 aliphatic heterocycles. The van der Waals surface area contributed by atoms with Crippen molar-refractivity contribution in [3.63, 3.8) is 0 Å². The summed E-state index contributed by atoms with van der Waals surface area (Å²) >= 11 is 0. The van der Waals surface area contributed by atoms with Crippen molar-refractivity contribution in [3.8, 4) is 0 Å². The Morgan fingerprint density at radius 2 is 1.78 bits per heavy atom. The highest BCUT2D eigenvalue weighted by molar-refractivity contribution is 5.82. The van der Waals surface area contributed by atoms with Gasteiger partial charge in [-0.05, 0) is 26.2 Å². The molecular formula is C14H22O4. The molecule has 0 N–H and O–H groups in total. The Hall–Kier alpha value is -1.32. The summed E-state index contributed by atoms with van der Waals surface area (Å²) in [5.41, 5.74) is 0. The highest BCUT2D eigenvalue weighted by atomic mass is 16.5. The summed E-state index contributed by atoms with van der Waals surface area (Å²) in [6.45, 7) is 4.15. The monoisotopic (exact) mass is 254 g/mol. The van der Waals surface area contributed by atoms with Gasteiger partial charge in [-0.3, -0.25) is 9.59 Å². The second-order valence-electron chi connectivity index (χ2n) is 4.57. The van der Waals surface area contributed by atoms with Crippen LogP contribution in [0.15, 0.2) is 12.3 Å². The van der Waals surface area contributed by atoms with Crippen LogP contribution in [0.5, 0.6) is 0 Å². The van der Waals surface area contributed by atoms with E-state index in [1.807, 2.05) is 6.92 Å². The summed E-state index contributed by atoms with van der Waals surface area (Å²) < 4.78 is 10.1. The lowest BCUT2D eigenvalue weighted by atomic mass is 9.79. The van der Waals surface area contributed by atoms with Crippen LogP contribution >= 0.6 is 0 Å². The third-order valence-electron chi connectivity index (χ3n) is 3.14. The van der Waals surface area contributed by atoms with E-state index < -0.39 is 0 Å². The molecule has 1 saturated carbocycles. The third kappa shape index (κ3) is 4.17. The maximum Gasteiger partial charge on any atom is 0.314 e. The van der Waals surface area contributed by atoms with E-state index in [-0.39, 0.29) is 23.8 Å². The molecule has 18 heavy (non-hydrogen) atoms. The van der Waals surface area contributed by atoms with Crippen LogP contribution < -0.4 is 0 Å². The molecule has 2 atom stereocenters. The zero-order valence-electron chi connectivity index (χ0n) is 11.2. The van der Waals surface area contributed by atoms with Crippen molar-refractivity contribution in [1.82, 2.24) is 0 Å². The van der Waals surface area contributed by atoms with E-state index in [0.717, 1.165) is 25.7 Å². The largest absolute Gasteiger partial charge is 0.465 e. The Morgan fingerprint density at radius 1 is 1.17 bits per heavy atom. The lowest BCUT2D eigenvalue weighted by Gasteiger charge is -2.27. The molecule has 102 valence electrons. The summed E-state index contributed by atoms with van der Waals surface area (Å²) in [5, 5.41) is 0. The molecule has 1 aliphatic rings. The summed E-state index contributed by atoms with van der Waals surface area (Å²) in [6, 6.07) is 0. The number of hydrogen-bond acceptors (Lipinski definition) is 4. The Morgan fingerprint density at radius 3 is 2.33 bits per heavy atom. The van der Waals surface area contributed by atoms with Gasteiger partial charge in [-0.25, -0.2) is 0 Å². The van der Waals surface area contributed by atoms with Crippen molar-refractivity contribution >= 4 is 11.9 Å². The second-order valence-corrected chi connectivity index (χ2v) is 4.57. The Bertz CT molecular complexity index is 309. The van der Waals surface area contributed by atoms with Crippen LogP contribution in [0.2, 0.25) is 0 Å². The summed E-state index contributed by atoms with van der Waals surface area (Å²) in [4.78, 5) is 23.8.